The van der Waals surface area contributed by atoms with Crippen LogP contribution in [0.4, 0.5) is 0 Å². The lowest BCUT2D eigenvalue weighted by Gasteiger charge is -2.34. The molecule has 0 radical (unpaired) electrons. The second kappa shape index (κ2) is 15.1. The standard InChI is InChI=1S/C28H42N2O9/c1-3-37-19-9-11-21(27(33)34)23(15-19)25(31)29-17(2)30-26(32)24-16-20(10-12-22(24)28(35)36)39-14-13-38-18-7-5-4-6-8-18/h1,17-24H,4-16H2,2H3,(H,29,31)(H,30,32)(H,33,34)(H,35,36). The Balaban J connectivity index is 1.51. The number of nitrogens with one attached hydrogen (secondary N) is 2. The molecule has 4 N–H and O–H groups in total. The molecule has 3 rings (SSSR count). The molecule has 0 bridgehead atoms. The predicted octanol–water partition coefficient (Wildman–Crippen LogP) is 2.28. The van der Waals surface area contributed by atoms with Gasteiger partial charge in [0.2, 0.25) is 11.8 Å². The second-order valence-corrected chi connectivity index (χ2v) is 10.9. The van der Waals surface area contributed by atoms with Crippen LogP contribution in [0.15, 0.2) is 0 Å². The lowest BCUT2D eigenvalue weighted by Crippen LogP contribution is -2.53. The summed E-state index contributed by atoms with van der Waals surface area (Å²) in [6.45, 7) is 2.41. The minimum Gasteiger partial charge on any atom is -0.481 e. The first kappa shape index (κ1) is 30.7. The molecule has 0 heterocycles. The van der Waals surface area contributed by atoms with E-state index < -0.39 is 59.7 Å². The lowest BCUT2D eigenvalue weighted by molar-refractivity contribution is -0.152. The molecule has 7 unspecified atom stereocenters. The number of hydrogen-bond acceptors (Lipinski definition) is 7. The minimum absolute atomic E-state index is 0.154. The molecule has 3 aliphatic rings. The number of amides is 2. The highest BCUT2D eigenvalue weighted by atomic mass is 16.5. The fraction of sp³-hybridized carbons (Fsp3) is 0.786. The van der Waals surface area contributed by atoms with Gasteiger partial charge in [-0.3, -0.25) is 19.2 Å². The Morgan fingerprint density at radius 2 is 1.23 bits per heavy atom. The van der Waals surface area contributed by atoms with Gasteiger partial charge in [-0.25, -0.2) is 0 Å². The maximum Gasteiger partial charge on any atom is 0.307 e. The summed E-state index contributed by atoms with van der Waals surface area (Å²) in [6, 6.07) is 0. The zero-order chi connectivity index (χ0) is 28.4. The molecular formula is C28H42N2O9. The van der Waals surface area contributed by atoms with Crippen molar-refractivity contribution < 1.29 is 43.6 Å². The summed E-state index contributed by atoms with van der Waals surface area (Å²) in [7, 11) is 0. The highest BCUT2D eigenvalue weighted by Gasteiger charge is 2.42. The number of carbonyl (C=O) groups excluding carboxylic acids is 2. The molecule has 3 fully saturated rings. The van der Waals surface area contributed by atoms with E-state index in [1.54, 1.807) is 6.92 Å². The number of carboxylic acid groups (broad SMARTS) is 2. The van der Waals surface area contributed by atoms with Crippen molar-refractivity contribution in [2.45, 2.75) is 102 Å². The largest absolute Gasteiger partial charge is 0.481 e. The van der Waals surface area contributed by atoms with Gasteiger partial charge in [-0.1, -0.05) is 25.7 Å². The summed E-state index contributed by atoms with van der Waals surface area (Å²) in [5.74, 6) is -6.58. The van der Waals surface area contributed by atoms with Gasteiger partial charge < -0.3 is 35.1 Å². The highest BCUT2D eigenvalue weighted by molar-refractivity contribution is 5.87. The first-order chi connectivity index (χ1) is 18.7. The van der Waals surface area contributed by atoms with Crippen LogP contribution in [-0.4, -0.2) is 71.7 Å². The average molecular weight is 551 g/mol. The fourth-order valence-corrected chi connectivity index (χ4v) is 6.13. The number of hydrogen-bond donors (Lipinski definition) is 4. The van der Waals surface area contributed by atoms with Crippen molar-refractivity contribution in [1.82, 2.24) is 10.6 Å². The van der Waals surface area contributed by atoms with Crippen LogP contribution < -0.4 is 10.6 Å². The van der Waals surface area contributed by atoms with E-state index in [9.17, 15) is 29.4 Å². The normalized spacial score (nSPS) is 30.4. The van der Waals surface area contributed by atoms with Crippen LogP contribution in [0.5, 0.6) is 0 Å². The lowest BCUT2D eigenvalue weighted by atomic mass is 9.77. The Morgan fingerprint density at radius 3 is 1.74 bits per heavy atom. The first-order valence-corrected chi connectivity index (χ1v) is 14.1. The van der Waals surface area contributed by atoms with Gasteiger partial charge in [0.25, 0.3) is 0 Å². The van der Waals surface area contributed by atoms with E-state index in [4.69, 9.17) is 20.6 Å². The van der Waals surface area contributed by atoms with Crippen LogP contribution in [0.2, 0.25) is 0 Å². The van der Waals surface area contributed by atoms with Gasteiger partial charge in [-0.05, 0) is 58.3 Å². The van der Waals surface area contributed by atoms with Crippen LogP contribution in [-0.2, 0) is 33.4 Å². The molecule has 7 atom stereocenters. The molecule has 3 aliphatic carbocycles. The average Bonchev–Trinajstić information content (AvgIpc) is 2.91. The molecule has 0 aromatic heterocycles. The Labute approximate surface area is 229 Å². The van der Waals surface area contributed by atoms with E-state index >= 15 is 0 Å². The molecule has 11 heteroatoms. The third-order valence-corrected chi connectivity index (χ3v) is 8.21. The van der Waals surface area contributed by atoms with E-state index in [2.05, 4.69) is 16.7 Å². The summed E-state index contributed by atoms with van der Waals surface area (Å²) in [6.07, 6.45) is 13.7. The Bertz CT molecular complexity index is 898. The number of carboxylic acids is 2. The Hall–Kier alpha value is -2.84. The van der Waals surface area contributed by atoms with Crippen molar-refractivity contribution in [1.29, 1.82) is 0 Å². The van der Waals surface area contributed by atoms with Gasteiger partial charge >= 0.3 is 11.9 Å². The molecule has 218 valence electrons. The molecule has 0 aliphatic heterocycles. The smallest absolute Gasteiger partial charge is 0.307 e. The van der Waals surface area contributed by atoms with Crippen LogP contribution >= 0.6 is 0 Å². The third kappa shape index (κ3) is 9.11. The van der Waals surface area contributed by atoms with Crippen molar-refractivity contribution in [2.75, 3.05) is 13.2 Å². The van der Waals surface area contributed by atoms with E-state index in [-0.39, 0.29) is 31.5 Å². The maximum atomic E-state index is 13.1. The number of aliphatic carboxylic acids is 2. The van der Waals surface area contributed by atoms with Gasteiger partial charge in [0, 0.05) is 0 Å². The number of ether oxygens (including phenoxy) is 3. The van der Waals surface area contributed by atoms with Gasteiger partial charge in [0.1, 0.15) is 12.2 Å². The molecule has 0 aromatic carbocycles. The summed E-state index contributed by atoms with van der Waals surface area (Å²) in [4.78, 5) is 49.7. The quantitative estimate of drug-likeness (QED) is 0.162. The number of terminal acetylenes is 1. The third-order valence-electron chi connectivity index (χ3n) is 8.21. The van der Waals surface area contributed by atoms with Crippen molar-refractivity contribution >= 4 is 23.8 Å². The van der Waals surface area contributed by atoms with E-state index in [0.29, 0.717) is 32.5 Å². The SMILES string of the molecule is C#COC1CCC(C(=O)O)C(C(=O)NC(C)NC(=O)C2CC(OCCOC3CCCCC3)CCC2C(=O)O)C1. The molecule has 11 nitrogen and oxygen atoms in total. The Kier molecular flexibility index (Phi) is 11.9. The van der Waals surface area contributed by atoms with E-state index in [0.717, 1.165) is 12.8 Å². The van der Waals surface area contributed by atoms with Crippen LogP contribution in [0.3, 0.4) is 0 Å². The molecule has 39 heavy (non-hydrogen) atoms. The van der Waals surface area contributed by atoms with Gasteiger partial charge in [-0.2, -0.15) is 0 Å². The monoisotopic (exact) mass is 550 g/mol. The summed E-state index contributed by atoms with van der Waals surface area (Å²) >= 11 is 0. The van der Waals surface area contributed by atoms with Crippen LogP contribution in [0.1, 0.15) is 77.6 Å². The first-order valence-electron chi connectivity index (χ1n) is 14.1. The topological polar surface area (TPSA) is 160 Å². The van der Waals surface area contributed by atoms with E-state index in [1.165, 1.54) is 19.3 Å². The van der Waals surface area contributed by atoms with E-state index in [1.807, 2.05) is 0 Å². The predicted molar refractivity (Wildman–Crippen MR) is 139 cm³/mol. The van der Waals surface area contributed by atoms with Crippen molar-refractivity contribution in [3.05, 3.63) is 0 Å². The maximum absolute atomic E-state index is 13.1. The second-order valence-electron chi connectivity index (χ2n) is 10.9. The summed E-state index contributed by atoms with van der Waals surface area (Å²) < 4.78 is 17.0. The zero-order valence-corrected chi connectivity index (χ0v) is 22.6. The van der Waals surface area contributed by atoms with Crippen LogP contribution in [0.25, 0.3) is 0 Å². The molecule has 0 spiro atoms. The van der Waals surface area contributed by atoms with Gasteiger partial charge in [0.15, 0.2) is 0 Å². The highest BCUT2D eigenvalue weighted by Crippen LogP contribution is 2.34. The Morgan fingerprint density at radius 1 is 0.744 bits per heavy atom. The minimum atomic E-state index is -1.08. The van der Waals surface area contributed by atoms with Crippen LogP contribution in [0, 0.1) is 36.2 Å². The number of rotatable bonds is 12. The van der Waals surface area contributed by atoms with Crippen molar-refractivity contribution in [3.63, 3.8) is 0 Å². The summed E-state index contributed by atoms with van der Waals surface area (Å²) in [5.41, 5.74) is 0. The molecule has 3 saturated carbocycles. The molecule has 0 aromatic rings. The van der Waals surface area contributed by atoms with Gasteiger partial charge in [-0.15, -0.1) is 0 Å². The van der Waals surface area contributed by atoms with Crippen molar-refractivity contribution in [2.24, 2.45) is 23.7 Å². The summed E-state index contributed by atoms with van der Waals surface area (Å²) in [5, 5.41) is 24.6. The fourth-order valence-electron chi connectivity index (χ4n) is 6.13. The van der Waals surface area contributed by atoms with Gasteiger partial charge in [0.05, 0.1) is 55.3 Å². The zero-order valence-electron chi connectivity index (χ0n) is 22.6. The molecule has 0 saturated heterocycles. The molecule has 2 amide bonds. The van der Waals surface area contributed by atoms with Crippen molar-refractivity contribution in [3.8, 4) is 12.5 Å². The molecular weight excluding hydrogens is 508 g/mol. The number of carbonyl (C=O) groups is 4.